The SMILES string of the molecule is CC1CCN(C(=O)c2ccc(CN)cc2)C2CCCCC12. The molecule has 3 nitrogen and oxygen atoms in total. The van der Waals surface area contributed by atoms with E-state index in [1.54, 1.807) is 0 Å². The Morgan fingerprint density at radius 2 is 1.90 bits per heavy atom. The van der Waals surface area contributed by atoms with Crippen LogP contribution >= 0.6 is 0 Å². The highest BCUT2D eigenvalue weighted by molar-refractivity contribution is 5.94. The van der Waals surface area contributed by atoms with Crippen molar-refractivity contribution in [2.24, 2.45) is 17.6 Å². The van der Waals surface area contributed by atoms with Gasteiger partial charge in [-0.15, -0.1) is 0 Å². The fourth-order valence-electron chi connectivity index (χ4n) is 4.11. The first-order valence-electron chi connectivity index (χ1n) is 8.30. The molecule has 1 heterocycles. The van der Waals surface area contributed by atoms with Crippen molar-refractivity contribution in [2.75, 3.05) is 6.54 Å². The van der Waals surface area contributed by atoms with Gasteiger partial charge >= 0.3 is 0 Å². The van der Waals surface area contributed by atoms with Gasteiger partial charge in [-0.25, -0.2) is 0 Å². The number of rotatable bonds is 2. The van der Waals surface area contributed by atoms with Crippen LogP contribution < -0.4 is 5.73 Å². The number of benzene rings is 1. The van der Waals surface area contributed by atoms with Gasteiger partial charge in [-0.1, -0.05) is 31.9 Å². The highest BCUT2D eigenvalue weighted by Gasteiger charge is 2.39. The lowest BCUT2D eigenvalue weighted by Gasteiger charge is -2.47. The topological polar surface area (TPSA) is 46.3 Å². The van der Waals surface area contributed by atoms with Gasteiger partial charge in [-0.05, 0) is 48.8 Å². The molecule has 1 saturated carbocycles. The molecule has 1 aliphatic heterocycles. The second-order valence-corrected chi connectivity index (χ2v) is 6.68. The summed E-state index contributed by atoms with van der Waals surface area (Å²) in [7, 11) is 0. The normalized spacial score (nSPS) is 29.0. The van der Waals surface area contributed by atoms with Crippen molar-refractivity contribution >= 4 is 5.91 Å². The minimum absolute atomic E-state index is 0.211. The zero-order chi connectivity index (χ0) is 14.8. The number of piperidine rings is 1. The minimum Gasteiger partial charge on any atom is -0.335 e. The first kappa shape index (κ1) is 14.6. The molecule has 2 aliphatic rings. The first-order chi connectivity index (χ1) is 10.2. The Balaban J connectivity index is 1.79. The molecule has 0 spiro atoms. The standard InChI is InChI=1S/C18H26N2O/c1-13-10-11-20(17-5-3-2-4-16(13)17)18(21)15-8-6-14(12-19)7-9-15/h6-9,13,16-17H,2-5,10-12,19H2,1H3. The summed E-state index contributed by atoms with van der Waals surface area (Å²) in [6.07, 6.45) is 6.22. The van der Waals surface area contributed by atoms with Crippen LogP contribution in [0.1, 0.15) is 54.9 Å². The molecule has 1 amide bonds. The summed E-state index contributed by atoms with van der Waals surface area (Å²) >= 11 is 0. The summed E-state index contributed by atoms with van der Waals surface area (Å²) in [5, 5.41) is 0. The quantitative estimate of drug-likeness (QED) is 0.907. The zero-order valence-corrected chi connectivity index (χ0v) is 12.9. The lowest BCUT2D eigenvalue weighted by molar-refractivity contribution is 0.0218. The van der Waals surface area contributed by atoms with Crippen LogP contribution in [-0.2, 0) is 6.54 Å². The van der Waals surface area contributed by atoms with E-state index in [9.17, 15) is 4.79 Å². The van der Waals surface area contributed by atoms with E-state index in [1.165, 1.54) is 25.7 Å². The number of hydrogen-bond donors (Lipinski definition) is 1. The zero-order valence-electron chi connectivity index (χ0n) is 12.9. The van der Waals surface area contributed by atoms with Crippen molar-refractivity contribution < 1.29 is 4.79 Å². The molecule has 0 aromatic heterocycles. The Kier molecular flexibility index (Phi) is 4.29. The Labute approximate surface area is 127 Å². The summed E-state index contributed by atoms with van der Waals surface area (Å²) in [6.45, 7) is 3.81. The van der Waals surface area contributed by atoms with E-state index in [4.69, 9.17) is 5.73 Å². The highest BCUT2D eigenvalue weighted by atomic mass is 16.2. The third kappa shape index (κ3) is 2.84. The molecule has 3 rings (SSSR count). The molecule has 2 N–H and O–H groups in total. The second kappa shape index (κ2) is 6.18. The van der Waals surface area contributed by atoms with Gasteiger partial charge in [-0.2, -0.15) is 0 Å². The molecule has 1 saturated heterocycles. The van der Waals surface area contributed by atoms with Crippen LogP contribution in [0.3, 0.4) is 0 Å². The predicted molar refractivity (Wildman–Crippen MR) is 84.9 cm³/mol. The molecule has 2 fully saturated rings. The number of hydrogen-bond acceptors (Lipinski definition) is 2. The third-order valence-electron chi connectivity index (χ3n) is 5.44. The molecule has 1 aromatic rings. The van der Waals surface area contributed by atoms with Crippen molar-refractivity contribution in [3.05, 3.63) is 35.4 Å². The van der Waals surface area contributed by atoms with Crippen LogP contribution in [0.2, 0.25) is 0 Å². The van der Waals surface area contributed by atoms with E-state index in [0.717, 1.165) is 30.0 Å². The van der Waals surface area contributed by atoms with E-state index < -0.39 is 0 Å². The molecule has 21 heavy (non-hydrogen) atoms. The van der Waals surface area contributed by atoms with Crippen LogP contribution in [0.25, 0.3) is 0 Å². The maximum Gasteiger partial charge on any atom is 0.254 e. The van der Waals surface area contributed by atoms with Gasteiger partial charge in [0.25, 0.3) is 5.91 Å². The molecule has 1 aliphatic carbocycles. The van der Waals surface area contributed by atoms with Gasteiger partial charge in [0.05, 0.1) is 0 Å². The van der Waals surface area contributed by atoms with Crippen LogP contribution in [0.5, 0.6) is 0 Å². The maximum absolute atomic E-state index is 12.9. The molecule has 0 bridgehead atoms. The molecule has 0 radical (unpaired) electrons. The van der Waals surface area contributed by atoms with Crippen molar-refractivity contribution in [1.29, 1.82) is 0 Å². The van der Waals surface area contributed by atoms with Crippen molar-refractivity contribution in [1.82, 2.24) is 4.90 Å². The van der Waals surface area contributed by atoms with Crippen LogP contribution in [0.4, 0.5) is 0 Å². The van der Waals surface area contributed by atoms with Crippen molar-refractivity contribution in [2.45, 2.75) is 51.6 Å². The summed E-state index contributed by atoms with van der Waals surface area (Å²) in [4.78, 5) is 15.0. The minimum atomic E-state index is 0.211. The van der Waals surface area contributed by atoms with Gasteiger partial charge in [0.2, 0.25) is 0 Å². The fraction of sp³-hybridized carbons (Fsp3) is 0.611. The first-order valence-corrected chi connectivity index (χ1v) is 8.30. The van der Waals surface area contributed by atoms with E-state index in [1.807, 2.05) is 24.3 Å². The molecule has 3 unspecified atom stereocenters. The van der Waals surface area contributed by atoms with E-state index >= 15 is 0 Å². The summed E-state index contributed by atoms with van der Waals surface area (Å²) in [5.74, 6) is 1.68. The number of carbonyl (C=O) groups excluding carboxylic acids is 1. The number of carbonyl (C=O) groups is 1. The monoisotopic (exact) mass is 286 g/mol. The van der Waals surface area contributed by atoms with Crippen LogP contribution in [0.15, 0.2) is 24.3 Å². The smallest absolute Gasteiger partial charge is 0.254 e. The molecule has 3 heteroatoms. The second-order valence-electron chi connectivity index (χ2n) is 6.68. The highest BCUT2D eigenvalue weighted by Crippen LogP contribution is 2.39. The lowest BCUT2D eigenvalue weighted by atomic mass is 9.72. The Morgan fingerprint density at radius 1 is 1.19 bits per heavy atom. The van der Waals surface area contributed by atoms with Gasteiger partial charge in [0.15, 0.2) is 0 Å². The Bertz CT molecular complexity index is 496. The van der Waals surface area contributed by atoms with Crippen molar-refractivity contribution in [3.63, 3.8) is 0 Å². The molecule has 3 atom stereocenters. The predicted octanol–water partition coefficient (Wildman–Crippen LogP) is 3.19. The summed E-state index contributed by atoms with van der Waals surface area (Å²) in [6, 6.07) is 8.26. The van der Waals surface area contributed by atoms with E-state index in [0.29, 0.717) is 18.5 Å². The fourth-order valence-corrected chi connectivity index (χ4v) is 4.11. The number of likely N-dealkylation sites (tertiary alicyclic amines) is 1. The van der Waals surface area contributed by atoms with Gasteiger partial charge in [-0.3, -0.25) is 4.79 Å². The average Bonchev–Trinajstić information content (AvgIpc) is 2.55. The molecular weight excluding hydrogens is 260 g/mol. The van der Waals surface area contributed by atoms with Crippen LogP contribution in [0, 0.1) is 11.8 Å². The number of fused-ring (bicyclic) bond motifs is 1. The Morgan fingerprint density at radius 3 is 2.62 bits per heavy atom. The third-order valence-corrected chi connectivity index (χ3v) is 5.44. The lowest BCUT2D eigenvalue weighted by Crippen LogP contribution is -2.52. The molecular formula is C18H26N2O. The summed E-state index contributed by atoms with van der Waals surface area (Å²) in [5.41, 5.74) is 7.52. The summed E-state index contributed by atoms with van der Waals surface area (Å²) < 4.78 is 0. The number of nitrogens with zero attached hydrogens (tertiary/aromatic N) is 1. The van der Waals surface area contributed by atoms with Crippen molar-refractivity contribution in [3.8, 4) is 0 Å². The molecule has 1 aromatic carbocycles. The van der Waals surface area contributed by atoms with Crippen LogP contribution in [-0.4, -0.2) is 23.4 Å². The maximum atomic E-state index is 12.9. The Hall–Kier alpha value is -1.35. The van der Waals surface area contributed by atoms with E-state index in [2.05, 4.69) is 11.8 Å². The average molecular weight is 286 g/mol. The largest absolute Gasteiger partial charge is 0.335 e. The van der Waals surface area contributed by atoms with Gasteiger partial charge in [0, 0.05) is 24.7 Å². The number of amides is 1. The molecule has 114 valence electrons. The van der Waals surface area contributed by atoms with Gasteiger partial charge in [0.1, 0.15) is 0 Å². The van der Waals surface area contributed by atoms with E-state index in [-0.39, 0.29) is 5.91 Å². The van der Waals surface area contributed by atoms with Gasteiger partial charge < -0.3 is 10.6 Å². The number of nitrogens with two attached hydrogens (primary N) is 1.